The van der Waals surface area contributed by atoms with Crippen LogP contribution in [0.1, 0.15) is 48.4 Å². The molecule has 3 N–H and O–H groups in total. The van der Waals surface area contributed by atoms with E-state index in [-0.39, 0.29) is 18.4 Å². The minimum atomic E-state index is -0.879. The minimum Gasteiger partial charge on any atom is -0.390 e. The van der Waals surface area contributed by atoms with Gasteiger partial charge in [-0.2, -0.15) is 0 Å². The van der Waals surface area contributed by atoms with Crippen molar-refractivity contribution in [3.8, 4) is 0 Å². The fourth-order valence-electron chi connectivity index (χ4n) is 4.15. The van der Waals surface area contributed by atoms with Gasteiger partial charge in [-0.3, -0.25) is 9.59 Å². The van der Waals surface area contributed by atoms with Crippen molar-refractivity contribution in [1.29, 1.82) is 0 Å². The van der Waals surface area contributed by atoms with E-state index in [0.717, 1.165) is 22.0 Å². The average Bonchev–Trinajstić information content (AvgIpc) is 3.55. The smallest absolute Gasteiger partial charge is 0.253 e. The van der Waals surface area contributed by atoms with Crippen LogP contribution in [0.5, 0.6) is 0 Å². The Morgan fingerprint density at radius 3 is 2.51 bits per heavy atom. The summed E-state index contributed by atoms with van der Waals surface area (Å²) in [6, 6.07) is 17.5. The van der Waals surface area contributed by atoms with Crippen LogP contribution >= 0.6 is 11.3 Å². The van der Waals surface area contributed by atoms with Gasteiger partial charge in [-0.05, 0) is 44.0 Å². The lowest BCUT2D eigenvalue weighted by Crippen LogP contribution is -2.48. The van der Waals surface area contributed by atoms with Crippen molar-refractivity contribution in [3.05, 3.63) is 105 Å². The standard InChI is InChI=1S/C29H33N5O4S/c1-19-12-24(38-33-19)15-30-16-26(35)25(13-21-8-5-4-6-9-21)32-28(36)22-10-7-11-23(14-22)29(37)34(3)17-27-31-20(2)18-39-27/h4-12,14,18,25-26,30,35H,13,15-17H2,1-3H3,(H,32,36)/t25-,26+/m0/s1. The molecule has 0 spiro atoms. The molecule has 0 bridgehead atoms. The summed E-state index contributed by atoms with van der Waals surface area (Å²) in [5, 5.41) is 23.8. The maximum absolute atomic E-state index is 13.3. The first-order valence-corrected chi connectivity index (χ1v) is 13.6. The van der Waals surface area contributed by atoms with Crippen molar-refractivity contribution in [2.24, 2.45) is 0 Å². The third-order valence-electron chi connectivity index (χ3n) is 6.17. The SMILES string of the molecule is Cc1cc(CNC[C@@H](O)[C@H](Cc2ccccc2)NC(=O)c2cccc(C(=O)N(C)Cc3nc(C)cs3)c2)on1. The largest absolute Gasteiger partial charge is 0.390 e. The van der Waals surface area contributed by atoms with Crippen LogP contribution in [0.15, 0.2) is 70.6 Å². The number of aliphatic hydroxyl groups is 1. The molecule has 0 unspecified atom stereocenters. The molecule has 0 aliphatic carbocycles. The number of hydrogen-bond donors (Lipinski definition) is 3. The first-order chi connectivity index (χ1) is 18.8. The Bertz CT molecular complexity index is 1390. The quantitative estimate of drug-likeness (QED) is 0.248. The Labute approximate surface area is 231 Å². The summed E-state index contributed by atoms with van der Waals surface area (Å²) in [5.41, 5.74) is 3.43. The van der Waals surface area contributed by atoms with Gasteiger partial charge in [0.1, 0.15) is 5.01 Å². The van der Waals surface area contributed by atoms with Gasteiger partial charge in [-0.25, -0.2) is 4.98 Å². The summed E-state index contributed by atoms with van der Waals surface area (Å²) in [4.78, 5) is 32.3. The van der Waals surface area contributed by atoms with Crippen molar-refractivity contribution in [1.82, 2.24) is 25.7 Å². The van der Waals surface area contributed by atoms with E-state index in [2.05, 4.69) is 20.8 Å². The topological polar surface area (TPSA) is 121 Å². The maximum atomic E-state index is 13.3. The van der Waals surface area contributed by atoms with E-state index < -0.39 is 12.1 Å². The Morgan fingerprint density at radius 1 is 1.05 bits per heavy atom. The number of aryl methyl sites for hydroxylation is 2. The summed E-state index contributed by atoms with van der Waals surface area (Å²) < 4.78 is 5.21. The molecule has 0 saturated carbocycles. The van der Waals surface area contributed by atoms with Gasteiger partial charge in [0.15, 0.2) is 5.76 Å². The van der Waals surface area contributed by atoms with E-state index in [4.69, 9.17) is 4.52 Å². The number of aliphatic hydroxyl groups excluding tert-OH is 1. The van der Waals surface area contributed by atoms with E-state index in [0.29, 0.717) is 36.4 Å². The van der Waals surface area contributed by atoms with Gasteiger partial charge >= 0.3 is 0 Å². The normalized spacial score (nSPS) is 12.6. The van der Waals surface area contributed by atoms with Gasteiger partial charge < -0.3 is 25.2 Å². The van der Waals surface area contributed by atoms with Gasteiger partial charge in [-0.15, -0.1) is 11.3 Å². The zero-order valence-electron chi connectivity index (χ0n) is 22.3. The van der Waals surface area contributed by atoms with Gasteiger partial charge in [0.25, 0.3) is 11.8 Å². The number of carbonyl (C=O) groups is 2. The zero-order valence-corrected chi connectivity index (χ0v) is 23.1. The number of amides is 2. The highest BCUT2D eigenvalue weighted by Gasteiger charge is 2.23. The minimum absolute atomic E-state index is 0.203. The fraction of sp³-hybridized carbons (Fsp3) is 0.310. The molecule has 0 aliphatic heterocycles. The number of thiazole rings is 1. The average molecular weight is 548 g/mol. The number of hydrogen-bond acceptors (Lipinski definition) is 8. The summed E-state index contributed by atoms with van der Waals surface area (Å²) >= 11 is 1.51. The first-order valence-electron chi connectivity index (χ1n) is 12.7. The molecule has 39 heavy (non-hydrogen) atoms. The summed E-state index contributed by atoms with van der Waals surface area (Å²) in [6.45, 7) is 4.79. The summed E-state index contributed by atoms with van der Waals surface area (Å²) in [5.74, 6) is 0.0960. The molecule has 10 heteroatoms. The molecule has 4 aromatic rings. The number of nitrogens with one attached hydrogen (secondary N) is 2. The van der Waals surface area contributed by atoms with E-state index in [1.807, 2.05) is 55.6 Å². The highest BCUT2D eigenvalue weighted by Crippen LogP contribution is 2.15. The van der Waals surface area contributed by atoms with Crippen LogP contribution in [-0.4, -0.2) is 57.7 Å². The van der Waals surface area contributed by atoms with E-state index in [1.165, 1.54) is 11.3 Å². The van der Waals surface area contributed by atoms with Crippen molar-refractivity contribution in [3.63, 3.8) is 0 Å². The third-order valence-corrected chi connectivity index (χ3v) is 7.12. The molecule has 4 rings (SSSR count). The number of nitrogens with zero attached hydrogens (tertiary/aromatic N) is 3. The van der Waals surface area contributed by atoms with E-state index in [9.17, 15) is 14.7 Å². The van der Waals surface area contributed by atoms with E-state index >= 15 is 0 Å². The van der Waals surface area contributed by atoms with Crippen LogP contribution in [0.3, 0.4) is 0 Å². The first kappa shape index (κ1) is 28.2. The van der Waals surface area contributed by atoms with Gasteiger partial charge in [-0.1, -0.05) is 41.6 Å². The lowest BCUT2D eigenvalue weighted by molar-refractivity contribution is 0.0784. The predicted octanol–water partition coefficient (Wildman–Crippen LogP) is 3.51. The molecule has 9 nitrogen and oxygen atoms in total. The fourth-order valence-corrected chi connectivity index (χ4v) is 4.98. The molecule has 2 heterocycles. The van der Waals surface area contributed by atoms with Gasteiger partial charge in [0.2, 0.25) is 0 Å². The molecular weight excluding hydrogens is 514 g/mol. The van der Waals surface area contributed by atoms with Crippen LogP contribution in [0.2, 0.25) is 0 Å². The van der Waals surface area contributed by atoms with Crippen molar-refractivity contribution < 1.29 is 19.2 Å². The Kier molecular flexibility index (Phi) is 9.59. The van der Waals surface area contributed by atoms with Gasteiger partial charge in [0, 0.05) is 41.9 Å². The number of benzene rings is 2. The summed E-state index contributed by atoms with van der Waals surface area (Å²) in [7, 11) is 1.71. The second-order valence-electron chi connectivity index (χ2n) is 9.53. The third kappa shape index (κ3) is 8.06. The lowest BCUT2D eigenvalue weighted by Gasteiger charge is -2.25. The highest BCUT2D eigenvalue weighted by atomic mass is 32.1. The number of aromatic nitrogens is 2. The van der Waals surface area contributed by atoms with Gasteiger partial charge in [0.05, 0.1) is 30.9 Å². The zero-order chi connectivity index (χ0) is 27.8. The molecule has 2 aromatic carbocycles. The maximum Gasteiger partial charge on any atom is 0.253 e. The van der Waals surface area contributed by atoms with E-state index in [1.54, 1.807) is 36.2 Å². The van der Waals surface area contributed by atoms with Crippen LogP contribution in [0, 0.1) is 13.8 Å². The predicted molar refractivity (Wildman–Crippen MR) is 149 cm³/mol. The lowest BCUT2D eigenvalue weighted by atomic mass is 10.00. The van der Waals surface area contributed by atoms with Crippen LogP contribution in [0.25, 0.3) is 0 Å². The van der Waals surface area contributed by atoms with Crippen molar-refractivity contribution in [2.45, 2.75) is 45.5 Å². The van der Waals surface area contributed by atoms with Crippen LogP contribution in [0.4, 0.5) is 0 Å². The Balaban J connectivity index is 1.42. The molecule has 0 radical (unpaired) electrons. The molecule has 0 aliphatic rings. The Morgan fingerprint density at radius 2 is 1.82 bits per heavy atom. The second kappa shape index (κ2) is 13.3. The number of carbonyl (C=O) groups excluding carboxylic acids is 2. The number of rotatable bonds is 12. The molecule has 2 amide bonds. The highest BCUT2D eigenvalue weighted by molar-refractivity contribution is 7.09. The molecule has 2 atom stereocenters. The van der Waals surface area contributed by atoms with Crippen LogP contribution in [-0.2, 0) is 19.5 Å². The summed E-state index contributed by atoms with van der Waals surface area (Å²) in [6.07, 6.45) is -0.443. The molecule has 0 saturated heterocycles. The second-order valence-corrected chi connectivity index (χ2v) is 10.5. The molecule has 2 aromatic heterocycles. The monoisotopic (exact) mass is 547 g/mol. The van der Waals surface area contributed by atoms with Crippen LogP contribution < -0.4 is 10.6 Å². The van der Waals surface area contributed by atoms with Crippen molar-refractivity contribution in [2.75, 3.05) is 13.6 Å². The Hall–Kier alpha value is -3.86. The molecule has 0 fully saturated rings. The molecular formula is C29H33N5O4S. The van der Waals surface area contributed by atoms with Crippen molar-refractivity contribution >= 4 is 23.2 Å². The molecule has 204 valence electrons.